The van der Waals surface area contributed by atoms with Crippen LogP contribution in [0, 0.1) is 26.9 Å². The number of nitro groups is 1. The first-order valence-electron chi connectivity index (χ1n) is 7.24. The van der Waals surface area contributed by atoms with E-state index in [2.05, 4.69) is 33.0 Å². The first kappa shape index (κ1) is 15.8. The molecule has 1 N–H and O–H groups in total. The molecule has 0 radical (unpaired) electrons. The minimum absolute atomic E-state index is 0.0969. The van der Waals surface area contributed by atoms with Crippen molar-refractivity contribution in [1.82, 2.24) is 5.32 Å². The average Bonchev–Trinajstić information content (AvgIpc) is 2.80. The molecule has 21 heavy (non-hydrogen) atoms. The van der Waals surface area contributed by atoms with Crippen LogP contribution < -0.4 is 10.1 Å². The lowest BCUT2D eigenvalue weighted by molar-refractivity contribution is -0.384. The van der Waals surface area contributed by atoms with Crippen LogP contribution in [0.15, 0.2) is 18.2 Å². The monoisotopic (exact) mass is 292 g/mol. The van der Waals surface area contributed by atoms with Crippen LogP contribution in [0.3, 0.4) is 0 Å². The Bertz CT molecular complexity index is 538. The fourth-order valence-corrected chi connectivity index (χ4v) is 3.21. The Hall–Kier alpha value is -1.62. The molecule has 1 aromatic carbocycles. The SMILES string of the molecule is COc1ccc([N+](=O)[O-])cc1CNCC1C(C)(C)C1(C)C. The summed E-state index contributed by atoms with van der Waals surface area (Å²) in [6, 6.07) is 4.70. The van der Waals surface area contributed by atoms with E-state index < -0.39 is 0 Å². The zero-order valence-corrected chi connectivity index (χ0v) is 13.4. The van der Waals surface area contributed by atoms with Crippen molar-refractivity contribution in [3.05, 3.63) is 33.9 Å². The van der Waals surface area contributed by atoms with Gasteiger partial charge in [-0.05, 0) is 29.4 Å². The van der Waals surface area contributed by atoms with E-state index in [-0.39, 0.29) is 10.6 Å². The van der Waals surface area contributed by atoms with Crippen molar-refractivity contribution in [2.75, 3.05) is 13.7 Å². The van der Waals surface area contributed by atoms with Gasteiger partial charge in [0, 0.05) is 24.2 Å². The Kier molecular flexibility index (Phi) is 3.97. The molecular weight excluding hydrogens is 268 g/mol. The summed E-state index contributed by atoms with van der Waals surface area (Å²) in [5.74, 6) is 1.30. The van der Waals surface area contributed by atoms with Crippen molar-refractivity contribution in [3.8, 4) is 5.75 Å². The maximum atomic E-state index is 10.9. The molecule has 5 nitrogen and oxygen atoms in total. The molecule has 0 amide bonds. The zero-order chi connectivity index (χ0) is 15.8. The number of nitrogens with one attached hydrogen (secondary N) is 1. The highest BCUT2D eigenvalue weighted by molar-refractivity contribution is 5.43. The third-order valence-corrected chi connectivity index (χ3v) is 5.46. The molecule has 1 saturated carbocycles. The summed E-state index contributed by atoms with van der Waals surface area (Å²) in [7, 11) is 1.58. The van der Waals surface area contributed by atoms with E-state index in [1.807, 2.05) is 0 Å². The van der Waals surface area contributed by atoms with Crippen LogP contribution in [0.5, 0.6) is 5.75 Å². The number of nitrogens with zero attached hydrogens (tertiary/aromatic N) is 1. The Balaban J connectivity index is 2.00. The predicted molar refractivity (Wildman–Crippen MR) is 82.4 cm³/mol. The van der Waals surface area contributed by atoms with Crippen molar-refractivity contribution >= 4 is 5.69 Å². The number of non-ortho nitro benzene ring substituents is 1. The summed E-state index contributed by atoms with van der Waals surface area (Å²) in [5.41, 5.74) is 1.60. The zero-order valence-electron chi connectivity index (χ0n) is 13.4. The van der Waals surface area contributed by atoms with Gasteiger partial charge in [-0.3, -0.25) is 10.1 Å². The van der Waals surface area contributed by atoms with Gasteiger partial charge in [0.25, 0.3) is 5.69 Å². The Morgan fingerprint density at radius 2 is 1.90 bits per heavy atom. The molecule has 0 saturated heterocycles. The van der Waals surface area contributed by atoms with Crippen molar-refractivity contribution in [1.29, 1.82) is 0 Å². The molecule has 0 heterocycles. The number of methoxy groups -OCH3 is 1. The summed E-state index contributed by atoms with van der Waals surface area (Å²) in [4.78, 5) is 10.5. The molecule has 0 aromatic heterocycles. The standard InChI is InChI=1S/C16H24N2O3/c1-15(2)14(16(15,3)4)10-17-9-11-8-12(18(19)20)6-7-13(11)21-5/h6-8,14,17H,9-10H2,1-5H3. The van der Waals surface area contributed by atoms with Crippen molar-refractivity contribution < 1.29 is 9.66 Å². The average molecular weight is 292 g/mol. The number of ether oxygens (including phenoxy) is 1. The van der Waals surface area contributed by atoms with E-state index in [9.17, 15) is 10.1 Å². The highest BCUT2D eigenvalue weighted by Crippen LogP contribution is 2.67. The maximum absolute atomic E-state index is 10.9. The number of hydrogen-bond acceptors (Lipinski definition) is 4. The number of nitro benzene ring substituents is 1. The van der Waals surface area contributed by atoms with Gasteiger partial charge < -0.3 is 10.1 Å². The summed E-state index contributed by atoms with van der Waals surface area (Å²) in [6.45, 7) is 10.6. The van der Waals surface area contributed by atoms with E-state index in [0.29, 0.717) is 29.0 Å². The Morgan fingerprint density at radius 1 is 1.29 bits per heavy atom. The first-order valence-corrected chi connectivity index (χ1v) is 7.24. The lowest BCUT2D eigenvalue weighted by Gasteiger charge is -2.10. The van der Waals surface area contributed by atoms with Gasteiger partial charge in [0.05, 0.1) is 12.0 Å². The van der Waals surface area contributed by atoms with E-state index in [1.54, 1.807) is 19.2 Å². The summed E-state index contributed by atoms with van der Waals surface area (Å²) >= 11 is 0. The predicted octanol–water partition coefficient (Wildman–Crippen LogP) is 3.38. The smallest absolute Gasteiger partial charge is 0.270 e. The van der Waals surface area contributed by atoms with E-state index in [4.69, 9.17) is 4.74 Å². The van der Waals surface area contributed by atoms with Gasteiger partial charge in [-0.2, -0.15) is 0 Å². The van der Waals surface area contributed by atoms with Crippen molar-refractivity contribution in [3.63, 3.8) is 0 Å². The van der Waals surface area contributed by atoms with Crippen LogP contribution in [0.1, 0.15) is 33.3 Å². The van der Waals surface area contributed by atoms with Crippen molar-refractivity contribution in [2.24, 2.45) is 16.7 Å². The highest BCUT2D eigenvalue weighted by atomic mass is 16.6. The minimum atomic E-state index is -0.379. The molecule has 116 valence electrons. The van der Waals surface area contributed by atoms with E-state index in [1.165, 1.54) is 6.07 Å². The Labute approximate surface area is 125 Å². The molecule has 0 atom stereocenters. The molecule has 1 aromatic rings. The van der Waals surface area contributed by atoms with E-state index >= 15 is 0 Å². The van der Waals surface area contributed by atoms with Crippen LogP contribution >= 0.6 is 0 Å². The normalized spacial score (nSPS) is 19.3. The van der Waals surface area contributed by atoms with Crippen LogP contribution in [0.2, 0.25) is 0 Å². The fraction of sp³-hybridized carbons (Fsp3) is 0.625. The van der Waals surface area contributed by atoms with Gasteiger partial charge in [-0.1, -0.05) is 27.7 Å². The molecule has 0 aliphatic heterocycles. The van der Waals surface area contributed by atoms with Gasteiger partial charge in [0.2, 0.25) is 0 Å². The molecule has 0 unspecified atom stereocenters. The van der Waals surface area contributed by atoms with Crippen LogP contribution in [-0.4, -0.2) is 18.6 Å². The molecule has 1 fully saturated rings. The molecule has 2 rings (SSSR count). The minimum Gasteiger partial charge on any atom is -0.496 e. The number of rotatable bonds is 6. The van der Waals surface area contributed by atoms with Gasteiger partial charge in [-0.25, -0.2) is 0 Å². The largest absolute Gasteiger partial charge is 0.496 e. The third-order valence-electron chi connectivity index (χ3n) is 5.46. The molecule has 1 aliphatic carbocycles. The second kappa shape index (κ2) is 5.30. The quantitative estimate of drug-likeness (QED) is 0.645. The van der Waals surface area contributed by atoms with Crippen LogP contribution in [0.25, 0.3) is 0 Å². The summed E-state index contributed by atoms with van der Waals surface area (Å²) in [5, 5.41) is 14.3. The first-order chi connectivity index (χ1) is 9.71. The second-order valence-corrected chi connectivity index (χ2v) is 6.88. The van der Waals surface area contributed by atoms with Gasteiger partial charge in [0.1, 0.15) is 5.75 Å². The van der Waals surface area contributed by atoms with Crippen LogP contribution in [-0.2, 0) is 6.54 Å². The van der Waals surface area contributed by atoms with Gasteiger partial charge in [-0.15, -0.1) is 0 Å². The number of benzene rings is 1. The van der Waals surface area contributed by atoms with Crippen LogP contribution in [0.4, 0.5) is 5.69 Å². The Morgan fingerprint density at radius 3 is 2.38 bits per heavy atom. The maximum Gasteiger partial charge on any atom is 0.270 e. The molecule has 5 heteroatoms. The molecule has 1 aliphatic rings. The fourth-order valence-electron chi connectivity index (χ4n) is 3.21. The summed E-state index contributed by atoms with van der Waals surface area (Å²) < 4.78 is 5.27. The second-order valence-electron chi connectivity index (χ2n) is 6.88. The summed E-state index contributed by atoms with van der Waals surface area (Å²) in [6.07, 6.45) is 0. The lowest BCUT2D eigenvalue weighted by atomic mass is 10.0. The molecule has 0 bridgehead atoms. The molecule has 0 spiro atoms. The van der Waals surface area contributed by atoms with E-state index in [0.717, 1.165) is 12.1 Å². The highest BCUT2D eigenvalue weighted by Gasteiger charge is 2.63. The molecular formula is C16H24N2O3. The third kappa shape index (κ3) is 2.75. The van der Waals surface area contributed by atoms with Gasteiger partial charge >= 0.3 is 0 Å². The topological polar surface area (TPSA) is 64.4 Å². The van der Waals surface area contributed by atoms with Crippen molar-refractivity contribution in [2.45, 2.75) is 34.2 Å². The lowest BCUT2D eigenvalue weighted by Crippen LogP contribution is -2.19. The van der Waals surface area contributed by atoms with Gasteiger partial charge in [0.15, 0.2) is 0 Å². The number of hydrogen-bond donors (Lipinski definition) is 1.